The fourth-order valence-corrected chi connectivity index (χ4v) is 3.46. The van der Waals surface area contributed by atoms with E-state index in [1.54, 1.807) is 0 Å². The van der Waals surface area contributed by atoms with Crippen molar-refractivity contribution in [1.29, 1.82) is 0 Å². The van der Waals surface area contributed by atoms with Gasteiger partial charge in [0.1, 0.15) is 0 Å². The van der Waals surface area contributed by atoms with Crippen molar-refractivity contribution in [2.45, 2.75) is 37.8 Å². The molecule has 1 fully saturated rings. The third-order valence-electron chi connectivity index (χ3n) is 4.96. The van der Waals surface area contributed by atoms with Crippen LogP contribution < -0.4 is 0 Å². The Morgan fingerprint density at radius 1 is 1.04 bits per heavy atom. The quantitative estimate of drug-likeness (QED) is 0.736. The van der Waals surface area contributed by atoms with Crippen LogP contribution in [0.2, 0.25) is 0 Å². The molecular weight excluding hydrogens is 294 g/mol. The van der Waals surface area contributed by atoms with Gasteiger partial charge < -0.3 is 0 Å². The van der Waals surface area contributed by atoms with E-state index in [9.17, 15) is 4.79 Å². The van der Waals surface area contributed by atoms with Crippen LogP contribution in [0.5, 0.6) is 0 Å². The molecule has 3 rings (SSSR count). The number of likely N-dealkylation sites (N-methyl/N-ethyl adjacent to an activating group) is 1. The molecule has 0 amide bonds. The molecule has 0 aromatic heterocycles. The van der Waals surface area contributed by atoms with Gasteiger partial charge in [-0.1, -0.05) is 79.2 Å². The van der Waals surface area contributed by atoms with Crippen molar-refractivity contribution in [2.75, 3.05) is 7.05 Å². The highest BCUT2D eigenvalue weighted by molar-refractivity contribution is 5.96. The van der Waals surface area contributed by atoms with Gasteiger partial charge in [-0.3, -0.25) is 9.69 Å². The van der Waals surface area contributed by atoms with E-state index in [1.165, 1.54) is 12.0 Å². The summed E-state index contributed by atoms with van der Waals surface area (Å²) >= 11 is 0. The Kier molecular flexibility index (Phi) is 5.60. The third-order valence-corrected chi connectivity index (χ3v) is 4.96. The van der Waals surface area contributed by atoms with Crippen molar-refractivity contribution in [2.24, 2.45) is 0 Å². The first-order valence-electron chi connectivity index (χ1n) is 8.77. The van der Waals surface area contributed by atoms with Gasteiger partial charge in [0.25, 0.3) is 0 Å². The molecule has 0 N–H and O–H groups in total. The number of rotatable bonds is 5. The molecule has 1 saturated heterocycles. The van der Waals surface area contributed by atoms with Crippen LogP contribution in [0.1, 0.15) is 41.6 Å². The number of hydrogen-bond acceptors (Lipinski definition) is 2. The average molecular weight is 319 g/mol. The number of carbonyl (C=O) groups is 1. The van der Waals surface area contributed by atoms with Crippen molar-refractivity contribution in [3.63, 3.8) is 0 Å². The van der Waals surface area contributed by atoms with E-state index in [-0.39, 0.29) is 5.78 Å². The Bertz CT molecular complexity index is 678. The van der Waals surface area contributed by atoms with Crippen LogP contribution in [-0.2, 0) is 0 Å². The van der Waals surface area contributed by atoms with Crippen molar-refractivity contribution in [3.05, 3.63) is 77.9 Å². The van der Waals surface area contributed by atoms with Gasteiger partial charge in [0.05, 0.1) is 0 Å². The minimum absolute atomic E-state index is 0.250. The van der Waals surface area contributed by atoms with E-state index >= 15 is 0 Å². The van der Waals surface area contributed by atoms with E-state index in [0.717, 1.165) is 18.4 Å². The monoisotopic (exact) mass is 319 g/mol. The second-order valence-electron chi connectivity index (χ2n) is 6.58. The molecule has 0 bridgehead atoms. The lowest BCUT2D eigenvalue weighted by molar-refractivity contribution is 0.0863. The Hall–Kier alpha value is -2.19. The zero-order valence-corrected chi connectivity index (χ0v) is 14.3. The topological polar surface area (TPSA) is 20.3 Å². The van der Waals surface area contributed by atoms with Gasteiger partial charge in [0, 0.05) is 24.1 Å². The van der Waals surface area contributed by atoms with Crippen LogP contribution in [0.4, 0.5) is 0 Å². The zero-order chi connectivity index (χ0) is 16.8. The van der Waals surface area contributed by atoms with Crippen molar-refractivity contribution < 1.29 is 4.79 Å². The smallest absolute Gasteiger partial charge is 0.164 e. The minimum atomic E-state index is 0.250. The Labute approximate surface area is 144 Å². The third kappa shape index (κ3) is 4.21. The van der Waals surface area contributed by atoms with Crippen LogP contribution in [-0.4, -0.2) is 29.8 Å². The molecular formula is C22H25NO. The molecule has 1 heterocycles. The molecule has 2 atom stereocenters. The first-order chi connectivity index (χ1) is 11.7. The van der Waals surface area contributed by atoms with Crippen LogP contribution >= 0.6 is 0 Å². The van der Waals surface area contributed by atoms with Gasteiger partial charge in [-0.2, -0.15) is 0 Å². The predicted octanol–water partition coefficient (Wildman–Crippen LogP) is 4.83. The van der Waals surface area contributed by atoms with Crippen LogP contribution in [0.15, 0.2) is 66.7 Å². The molecule has 2 aromatic rings. The van der Waals surface area contributed by atoms with E-state index in [1.807, 2.05) is 36.4 Å². The molecule has 24 heavy (non-hydrogen) atoms. The lowest BCUT2D eigenvalue weighted by Crippen LogP contribution is -2.43. The first kappa shape index (κ1) is 16.7. The molecule has 2 nitrogen and oxygen atoms in total. The molecule has 124 valence electrons. The molecule has 2 heteroatoms. The summed E-state index contributed by atoms with van der Waals surface area (Å²) in [4.78, 5) is 14.9. The summed E-state index contributed by atoms with van der Waals surface area (Å²) in [6.45, 7) is 0. The Morgan fingerprint density at radius 3 is 2.42 bits per heavy atom. The van der Waals surface area contributed by atoms with Gasteiger partial charge in [0.15, 0.2) is 5.78 Å². The molecule has 0 unspecified atom stereocenters. The highest BCUT2D eigenvalue weighted by atomic mass is 16.1. The van der Waals surface area contributed by atoms with Crippen molar-refractivity contribution in [3.8, 4) is 0 Å². The number of hydrogen-bond donors (Lipinski definition) is 0. The molecule has 1 aliphatic heterocycles. The molecule has 0 spiro atoms. The maximum Gasteiger partial charge on any atom is 0.164 e. The molecule has 0 aliphatic carbocycles. The Morgan fingerprint density at radius 2 is 1.71 bits per heavy atom. The van der Waals surface area contributed by atoms with Gasteiger partial charge >= 0.3 is 0 Å². The number of nitrogens with zero attached hydrogens (tertiary/aromatic N) is 1. The van der Waals surface area contributed by atoms with E-state index in [4.69, 9.17) is 0 Å². The SMILES string of the molecule is CN1[C@H](CC(=O)c2ccccc2)CCC[C@@H]1C=Cc1ccccc1. The van der Waals surface area contributed by atoms with Gasteiger partial charge in [-0.05, 0) is 25.5 Å². The summed E-state index contributed by atoms with van der Waals surface area (Å²) in [7, 11) is 2.15. The van der Waals surface area contributed by atoms with E-state index in [0.29, 0.717) is 18.5 Å². The van der Waals surface area contributed by atoms with Crippen molar-refractivity contribution in [1.82, 2.24) is 4.90 Å². The zero-order valence-electron chi connectivity index (χ0n) is 14.3. The summed E-state index contributed by atoms with van der Waals surface area (Å²) in [6, 6.07) is 20.8. The predicted molar refractivity (Wildman–Crippen MR) is 100 cm³/mol. The maximum atomic E-state index is 12.5. The highest BCUT2D eigenvalue weighted by Gasteiger charge is 2.27. The van der Waals surface area contributed by atoms with Gasteiger partial charge in [0.2, 0.25) is 0 Å². The number of benzene rings is 2. The van der Waals surface area contributed by atoms with E-state index in [2.05, 4.69) is 48.4 Å². The van der Waals surface area contributed by atoms with Crippen LogP contribution in [0.3, 0.4) is 0 Å². The summed E-state index contributed by atoms with van der Waals surface area (Å²) in [5, 5.41) is 0. The highest BCUT2D eigenvalue weighted by Crippen LogP contribution is 2.26. The fourth-order valence-electron chi connectivity index (χ4n) is 3.46. The van der Waals surface area contributed by atoms with Crippen molar-refractivity contribution >= 4 is 11.9 Å². The van der Waals surface area contributed by atoms with E-state index < -0.39 is 0 Å². The fraction of sp³-hybridized carbons (Fsp3) is 0.318. The summed E-state index contributed by atoms with van der Waals surface area (Å²) in [6.07, 6.45) is 8.54. The molecule has 0 radical (unpaired) electrons. The largest absolute Gasteiger partial charge is 0.297 e. The van der Waals surface area contributed by atoms with Gasteiger partial charge in [-0.25, -0.2) is 0 Å². The summed E-state index contributed by atoms with van der Waals surface area (Å²) in [5.41, 5.74) is 2.06. The second-order valence-corrected chi connectivity index (χ2v) is 6.58. The Balaban J connectivity index is 1.63. The number of piperidine rings is 1. The number of Topliss-reactive ketones (excluding diaryl/α,β-unsaturated/α-hetero) is 1. The van der Waals surface area contributed by atoms with Gasteiger partial charge in [-0.15, -0.1) is 0 Å². The standard InChI is InChI=1S/C22H25NO/c1-23-20(16-15-18-9-4-2-5-10-18)13-8-14-21(23)17-22(24)19-11-6-3-7-12-19/h2-7,9-12,15-16,20-21H,8,13-14,17H2,1H3/t20-,21+/m1/s1. The minimum Gasteiger partial charge on any atom is -0.297 e. The maximum absolute atomic E-state index is 12.5. The van der Waals surface area contributed by atoms with Crippen LogP contribution in [0, 0.1) is 0 Å². The number of ketones is 1. The number of likely N-dealkylation sites (tertiary alicyclic amines) is 1. The lowest BCUT2D eigenvalue weighted by Gasteiger charge is -2.38. The second kappa shape index (κ2) is 8.07. The normalized spacial score (nSPS) is 21.9. The van der Waals surface area contributed by atoms with Crippen LogP contribution in [0.25, 0.3) is 6.08 Å². The number of carbonyl (C=O) groups excluding carboxylic acids is 1. The lowest BCUT2D eigenvalue weighted by atomic mass is 9.91. The molecule has 2 aromatic carbocycles. The first-order valence-corrected chi connectivity index (χ1v) is 8.77. The average Bonchev–Trinajstić information content (AvgIpc) is 2.64. The molecule has 0 saturated carbocycles. The summed E-state index contributed by atoms with van der Waals surface area (Å²) in [5.74, 6) is 0.250. The summed E-state index contributed by atoms with van der Waals surface area (Å²) < 4.78 is 0. The molecule has 1 aliphatic rings.